The van der Waals surface area contributed by atoms with E-state index in [0.29, 0.717) is 6.42 Å². The molecule has 0 saturated heterocycles. The molecule has 0 aliphatic heterocycles. The first-order valence-corrected chi connectivity index (χ1v) is 5.09. The van der Waals surface area contributed by atoms with Gasteiger partial charge in [-0.2, -0.15) is 5.26 Å². The van der Waals surface area contributed by atoms with Crippen molar-refractivity contribution in [3.63, 3.8) is 0 Å². The molecule has 1 aromatic rings. The average molecular weight is 218 g/mol. The van der Waals surface area contributed by atoms with Crippen LogP contribution in [0.5, 0.6) is 0 Å². The summed E-state index contributed by atoms with van der Waals surface area (Å²) in [7, 11) is 0. The lowest BCUT2D eigenvalue weighted by molar-refractivity contribution is 0.0695. The summed E-state index contributed by atoms with van der Waals surface area (Å²) in [5.41, 5.74) is 7.58. The molecule has 0 heterocycles. The first kappa shape index (κ1) is 12.2. The van der Waals surface area contributed by atoms with E-state index in [0.717, 1.165) is 11.1 Å². The van der Waals surface area contributed by atoms with Crippen molar-refractivity contribution in [3.8, 4) is 6.07 Å². The summed E-state index contributed by atoms with van der Waals surface area (Å²) < 4.78 is 0. The normalized spacial score (nSPS) is 11.8. The lowest BCUT2D eigenvalue weighted by Crippen LogP contribution is -2.14. The summed E-state index contributed by atoms with van der Waals surface area (Å²) >= 11 is 0. The number of nitrogens with zero attached hydrogens (tertiary/aromatic N) is 1. The molecule has 1 unspecified atom stereocenters. The highest BCUT2D eigenvalue weighted by Crippen LogP contribution is 2.22. The van der Waals surface area contributed by atoms with Gasteiger partial charge in [-0.3, -0.25) is 0 Å². The number of nitriles is 1. The molecule has 1 aromatic carbocycles. The zero-order valence-electron chi connectivity index (χ0n) is 9.10. The SMILES string of the molecule is CCc1c(C(=O)O)cccc1C(N)CC#N. The van der Waals surface area contributed by atoms with Crippen LogP contribution in [-0.2, 0) is 6.42 Å². The Morgan fingerprint density at radius 1 is 1.62 bits per heavy atom. The molecule has 0 bridgehead atoms. The van der Waals surface area contributed by atoms with Crippen LogP contribution in [0.25, 0.3) is 0 Å². The number of benzene rings is 1. The van der Waals surface area contributed by atoms with E-state index in [1.165, 1.54) is 0 Å². The Hall–Kier alpha value is -1.86. The van der Waals surface area contributed by atoms with Gasteiger partial charge in [-0.15, -0.1) is 0 Å². The quantitative estimate of drug-likeness (QED) is 0.807. The third-order valence-electron chi connectivity index (χ3n) is 2.51. The molecule has 0 aliphatic rings. The second-order valence-corrected chi connectivity index (χ2v) is 3.50. The van der Waals surface area contributed by atoms with Gasteiger partial charge in [0.15, 0.2) is 0 Å². The molecule has 0 amide bonds. The van der Waals surface area contributed by atoms with Crippen molar-refractivity contribution in [2.45, 2.75) is 25.8 Å². The van der Waals surface area contributed by atoms with E-state index in [1.54, 1.807) is 18.2 Å². The minimum Gasteiger partial charge on any atom is -0.478 e. The van der Waals surface area contributed by atoms with Gasteiger partial charge in [-0.25, -0.2) is 4.79 Å². The maximum absolute atomic E-state index is 11.0. The Kier molecular flexibility index (Phi) is 4.03. The van der Waals surface area contributed by atoms with Crippen LogP contribution in [0.15, 0.2) is 18.2 Å². The van der Waals surface area contributed by atoms with E-state index in [4.69, 9.17) is 16.1 Å². The fraction of sp³-hybridized carbons (Fsp3) is 0.333. The maximum atomic E-state index is 11.0. The minimum atomic E-state index is -0.956. The van der Waals surface area contributed by atoms with E-state index in [1.807, 2.05) is 13.0 Å². The van der Waals surface area contributed by atoms with E-state index < -0.39 is 12.0 Å². The number of hydrogen-bond acceptors (Lipinski definition) is 3. The molecule has 0 fully saturated rings. The predicted octanol–water partition coefficient (Wildman–Crippen LogP) is 1.86. The maximum Gasteiger partial charge on any atom is 0.335 e. The molecule has 4 heteroatoms. The first-order chi connectivity index (χ1) is 7.61. The summed E-state index contributed by atoms with van der Waals surface area (Å²) in [4.78, 5) is 11.0. The van der Waals surface area contributed by atoms with Gasteiger partial charge in [0.2, 0.25) is 0 Å². The number of aromatic carboxylic acids is 1. The zero-order valence-corrected chi connectivity index (χ0v) is 9.10. The molecule has 16 heavy (non-hydrogen) atoms. The van der Waals surface area contributed by atoms with E-state index in [2.05, 4.69) is 0 Å². The molecule has 1 rings (SSSR count). The highest BCUT2D eigenvalue weighted by molar-refractivity contribution is 5.89. The molecule has 0 spiro atoms. The standard InChI is InChI=1S/C12H14N2O2/c1-2-8-9(11(14)6-7-13)4-3-5-10(8)12(15)16/h3-5,11H,2,6,14H2,1H3,(H,15,16). The molecule has 1 atom stereocenters. The Morgan fingerprint density at radius 3 is 2.81 bits per heavy atom. The molecule has 0 radical (unpaired) electrons. The lowest BCUT2D eigenvalue weighted by Gasteiger charge is -2.15. The van der Waals surface area contributed by atoms with Crippen LogP contribution < -0.4 is 5.73 Å². The third kappa shape index (κ3) is 2.38. The van der Waals surface area contributed by atoms with Crippen LogP contribution in [0.1, 0.15) is 40.9 Å². The van der Waals surface area contributed by atoms with Crippen molar-refractivity contribution in [1.29, 1.82) is 5.26 Å². The summed E-state index contributed by atoms with van der Waals surface area (Å²) in [5, 5.41) is 17.6. The number of rotatable bonds is 4. The van der Waals surface area contributed by atoms with Gasteiger partial charge in [0, 0.05) is 6.04 Å². The molecule has 0 aliphatic carbocycles. The summed E-state index contributed by atoms with van der Waals surface area (Å²) in [6, 6.07) is 6.58. The number of carboxylic acid groups (broad SMARTS) is 1. The van der Waals surface area contributed by atoms with Gasteiger partial charge in [-0.05, 0) is 23.6 Å². The molecule has 0 saturated carbocycles. The van der Waals surface area contributed by atoms with Crippen molar-refractivity contribution >= 4 is 5.97 Å². The molecule has 3 N–H and O–H groups in total. The Balaban J connectivity index is 3.24. The monoisotopic (exact) mass is 218 g/mol. The van der Waals surface area contributed by atoms with Crippen LogP contribution in [0.2, 0.25) is 0 Å². The van der Waals surface area contributed by atoms with Crippen molar-refractivity contribution in [2.75, 3.05) is 0 Å². The van der Waals surface area contributed by atoms with Gasteiger partial charge in [0.1, 0.15) is 0 Å². The smallest absolute Gasteiger partial charge is 0.335 e. The molecule has 4 nitrogen and oxygen atoms in total. The highest BCUT2D eigenvalue weighted by atomic mass is 16.4. The fourth-order valence-electron chi connectivity index (χ4n) is 1.76. The number of carboxylic acids is 1. The zero-order chi connectivity index (χ0) is 12.1. The average Bonchev–Trinajstić information content (AvgIpc) is 2.28. The van der Waals surface area contributed by atoms with Crippen LogP contribution >= 0.6 is 0 Å². The predicted molar refractivity (Wildman–Crippen MR) is 59.9 cm³/mol. The highest BCUT2D eigenvalue weighted by Gasteiger charge is 2.16. The van der Waals surface area contributed by atoms with E-state index in [-0.39, 0.29) is 12.0 Å². The van der Waals surface area contributed by atoms with Crippen molar-refractivity contribution in [1.82, 2.24) is 0 Å². The Bertz CT molecular complexity index is 435. The van der Waals surface area contributed by atoms with Crippen molar-refractivity contribution in [3.05, 3.63) is 34.9 Å². The fourth-order valence-corrected chi connectivity index (χ4v) is 1.76. The largest absolute Gasteiger partial charge is 0.478 e. The topological polar surface area (TPSA) is 87.1 Å². The summed E-state index contributed by atoms with van der Waals surface area (Å²) in [5.74, 6) is -0.956. The number of nitrogens with two attached hydrogens (primary N) is 1. The second kappa shape index (κ2) is 5.29. The Labute approximate surface area is 94.3 Å². The van der Waals surface area contributed by atoms with Crippen LogP contribution in [-0.4, -0.2) is 11.1 Å². The van der Waals surface area contributed by atoms with E-state index >= 15 is 0 Å². The molecule has 0 aromatic heterocycles. The first-order valence-electron chi connectivity index (χ1n) is 5.09. The third-order valence-corrected chi connectivity index (χ3v) is 2.51. The summed E-state index contributed by atoms with van der Waals surface area (Å²) in [6.45, 7) is 1.88. The Morgan fingerprint density at radius 2 is 2.31 bits per heavy atom. The van der Waals surface area contributed by atoms with Gasteiger partial charge in [0.25, 0.3) is 0 Å². The van der Waals surface area contributed by atoms with Gasteiger partial charge in [-0.1, -0.05) is 19.1 Å². The van der Waals surface area contributed by atoms with Crippen LogP contribution in [0.4, 0.5) is 0 Å². The van der Waals surface area contributed by atoms with Crippen LogP contribution in [0, 0.1) is 11.3 Å². The summed E-state index contributed by atoms with van der Waals surface area (Å²) in [6.07, 6.45) is 0.785. The molecule has 84 valence electrons. The molecular formula is C12H14N2O2. The van der Waals surface area contributed by atoms with Gasteiger partial charge in [0.05, 0.1) is 18.1 Å². The van der Waals surface area contributed by atoms with Crippen molar-refractivity contribution in [2.24, 2.45) is 5.73 Å². The molecular weight excluding hydrogens is 204 g/mol. The number of hydrogen-bond donors (Lipinski definition) is 2. The lowest BCUT2D eigenvalue weighted by atomic mass is 9.93. The van der Waals surface area contributed by atoms with Gasteiger partial charge < -0.3 is 10.8 Å². The number of carbonyl (C=O) groups is 1. The second-order valence-electron chi connectivity index (χ2n) is 3.50. The van der Waals surface area contributed by atoms with Crippen LogP contribution in [0.3, 0.4) is 0 Å². The van der Waals surface area contributed by atoms with E-state index in [9.17, 15) is 4.79 Å². The minimum absolute atomic E-state index is 0.191. The van der Waals surface area contributed by atoms with Crippen molar-refractivity contribution < 1.29 is 9.90 Å². The van der Waals surface area contributed by atoms with Gasteiger partial charge >= 0.3 is 5.97 Å².